The molecule has 1 aromatic heterocycles. The zero-order valence-electron chi connectivity index (χ0n) is 19.5. The number of ether oxygens (including phenoxy) is 4. The van der Waals surface area contributed by atoms with Gasteiger partial charge in [0.2, 0.25) is 0 Å². The number of hydrogen-bond acceptors (Lipinski definition) is 6. The average Bonchev–Trinajstić information content (AvgIpc) is 2.79. The van der Waals surface area contributed by atoms with Crippen molar-refractivity contribution in [2.45, 2.75) is 52.9 Å². The van der Waals surface area contributed by atoms with Gasteiger partial charge in [0.05, 0.1) is 18.3 Å². The van der Waals surface area contributed by atoms with Gasteiger partial charge in [0.25, 0.3) is 0 Å². The van der Waals surface area contributed by atoms with Crippen LogP contribution in [-0.4, -0.2) is 36.4 Å². The molecule has 1 heterocycles. The van der Waals surface area contributed by atoms with E-state index >= 15 is 0 Å². The highest BCUT2D eigenvalue weighted by atomic mass is 19.1. The molecule has 176 valence electrons. The molecule has 0 radical (unpaired) electrons. The van der Waals surface area contributed by atoms with E-state index in [0.29, 0.717) is 35.5 Å². The summed E-state index contributed by atoms with van der Waals surface area (Å²) in [6.45, 7) is 8.26. The van der Waals surface area contributed by atoms with Crippen LogP contribution in [-0.2, 0) is 27.3 Å². The maximum absolute atomic E-state index is 14.2. The largest absolute Gasteiger partial charge is 0.490 e. The van der Waals surface area contributed by atoms with Gasteiger partial charge in [0.15, 0.2) is 6.10 Å². The number of fused-ring (bicyclic) bond motifs is 1. The first-order valence-corrected chi connectivity index (χ1v) is 11.2. The summed E-state index contributed by atoms with van der Waals surface area (Å²) in [7, 11) is 0. The van der Waals surface area contributed by atoms with Crippen molar-refractivity contribution in [1.29, 1.82) is 0 Å². The molecule has 0 amide bonds. The second-order valence-corrected chi connectivity index (χ2v) is 7.71. The molecule has 0 aliphatic rings. The Bertz CT molecular complexity index is 1090. The van der Waals surface area contributed by atoms with Gasteiger partial charge < -0.3 is 18.9 Å². The lowest BCUT2D eigenvalue weighted by Crippen LogP contribution is -2.29. The minimum Gasteiger partial charge on any atom is -0.490 e. The summed E-state index contributed by atoms with van der Waals surface area (Å²) < 4.78 is 37.1. The first-order chi connectivity index (χ1) is 15.9. The Hall–Kier alpha value is -3.19. The number of pyridine rings is 1. The van der Waals surface area contributed by atoms with Crippen molar-refractivity contribution in [3.8, 4) is 11.5 Å². The van der Waals surface area contributed by atoms with E-state index in [1.54, 1.807) is 25.3 Å². The van der Waals surface area contributed by atoms with Crippen LogP contribution >= 0.6 is 0 Å². The molecule has 0 aliphatic heterocycles. The van der Waals surface area contributed by atoms with E-state index in [4.69, 9.17) is 18.9 Å². The van der Waals surface area contributed by atoms with Crippen LogP contribution in [0.25, 0.3) is 10.9 Å². The van der Waals surface area contributed by atoms with Crippen LogP contribution in [0.4, 0.5) is 4.39 Å². The average molecular weight is 456 g/mol. The number of carbonyl (C=O) groups is 1. The van der Waals surface area contributed by atoms with Crippen molar-refractivity contribution < 1.29 is 28.1 Å². The van der Waals surface area contributed by atoms with Gasteiger partial charge in [-0.3, -0.25) is 4.98 Å². The van der Waals surface area contributed by atoms with Gasteiger partial charge in [-0.05, 0) is 51.5 Å². The topological polar surface area (TPSA) is 66.9 Å². The number of aromatic nitrogens is 1. The predicted octanol–water partition coefficient (Wildman–Crippen LogP) is 5.25. The van der Waals surface area contributed by atoms with Crippen molar-refractivity contribution in [3.05, 3.63) is 65.6 Å². The molecule has 2 aromatic carbocycles. The third-order valence-electron chi connectivity index (χ3n) is 4.90. The number of carbonyl (C=O) groups excluding carboxylic acids is 1. The highest BCUT2D eigenvalue weighted by Gasteiger charge is 2.22. The van der Waals surface area contributed by atoms with Gasteiger partial charge in [-0.25, -0.2) is 9.18 Å². The summed E-state index contributed by atoms with van der Waals surface area (Å²) >= 11 is 0. The van der Waals surface area contributed by atoms with Gasteiger partial charge in [-0.2, -0.15) is 0 Å². The number of rotatable bonds is 11. The standard InChI is InChI=1S/C26H30FNO5/c1-5-30-23(26(29)31-6-2)14-18-10-7-8-13-22(18)32-16-19-15-28-24-20(11-9-12-21(24)27)25(19)33-17(3)4/h7-13,15,17,23H,5-6,14,16H2,1-4H3. The molecule has 1 atom stereocenters. The molecule has 0 fully saturated rings. The maximum atomic E-state index is 14.2. The molecule has 7 heteroatoms. The van der Waals surface area contributed by atoms with Crippen LogP contribution < -0.4 is 9.47 Å². The molecule has 0 bridgehead atoms. The van der Waals surface area contributed by atoms with Crippen LogP contribution in [0.3, 0.4) is 0 Å². The smallest absolute Gasteiger partial charge is 0.335 e. The van der Waals surface area contributed by atoms with Gasteiger partial charge in [-0.15, -0.1) is 0 Å². The molecule has 1 unspecified atom stereocenters. The second kappa shape index (κ2) is 11.6. The summed E-state index contributed by atoms with van der Waals surface area (Å²) in [6.07, 6.45) is 1.07. The van der Waals surface area contributed by atoms with Gasteiger partial charge >= 0.3 is 5.97 Å². The number of hydrogen-bond donors (Lipinski definition) is 0. The summed E-state index contributed by atoms with van der Waals surface area (Å²) in [4.78, 5) is 16.6. The number of benzene rings is 2. The van der Waals surface area contributed by atoms with Crippen molar-refractivity contribution in [1.82, 2.24) is 4.98 Å². The fourth-order valence-electron chi connectivity index (χ4n) is 3.50. The van der Waals surface area contributed by atoms with Crippen LogP contribution in [0.1, 0.15) is 38.8 Å². The third kappa shape index (κ3) is 6.20. The molecule has 0 spiro atoms. The van der Waals surface area contributed by atoms with Gasteiger partial charge in [0, 0.05) is 24.6 Å². The highest BCUT2D eigenvalue weighted by molar-refractivity contribution is 5.86. The van der Waals surface area contributed by atoms with Crippen LogP contribution in [0.15, 0.2) is 48.7 Å². The zero-order chi connectivity index (χ0) is 23.8. The Kier molecular flexibility index (Phi) is 8.60. The Morgan fingerprint density at radius 1 is 1.03 bits per heavy atom. The first kappa shape index (κ1) is 24.5. The zero-order valence-corrected chi connectivity index (χ0v) is 19.5. The van der Waals surface area contributed by atoms with E-state index in [2.05, 4.69) is 4.98 Å². The van der Waals surface area contributed by atoms with E-state index in [1.807, 2.05) is 45.0 Å². The normalized spacial score (nSPS) is 12.1. The Morgan fingerprint density at radius 2 is 1.82 bits per heavy atom. The molecule has 33 heavy (non-hydrogen) atoms. The lowest BCUT2D eigenvalue weighted by Gasteiger charge is -2.19. The molecule has 3 aromatic rings. The highest BCUT2D eigenvalue weighted by Crippen LogP contribution is 2.32. The number of esters is 1. The van der Waals surface area contributed by atoms with E-state index < -0.39 is 17.9 Å². The van der Waals surface area contributed by atoms with Crippen molar-refractivity contribution >= 4 is 16.9 Å². The first-order valence-electron chi connectivity index (χ1n) is 11.2. The van der Waals surface area contributed by atoms with Crippen molar-refractivity contribution in [2.24, 2.45) is 0 Å². The van der Waals surface area contributed by atoms with Crippen molar-refractivity contribution in [2.75, 3.05) is 13.2 Å². The third-order valence-corrected chi connectivity index (χ3v) is 4.90. The summed E-state index contributed by atoms with van der Waals surface area (Å²) in [6, 6.07) is 12.3. The molecule has 0 saturated heterocycles. The van der Waals surface area contributed by atoms with Gasteiger partial charge in [-0.1, -0.05) is 24.3 Å². The van der Waals surface area contributed by atoms with Crippen LogP contribution in [0.5, 0.6) is 11.5 Å². The molecular weight excluding hydrogens is 425 g/mol. The number of para-hydroxylation sites is 2. The fraction of sp³-hybridized carbons (Fsp3) is 0.385. The Balaban J connectivity index is 1.86. The minimum atomic E-state index is -0.718. The maximum Gasteiger partial charge on any atom is 0.335 e. The van der Waals surface area contributed by atoms with Crippen LogP contribution in [0.2, 0.25) is 0 Å². The Labute approximate surface area is 193 Å². The summed E-state index contributed by atoms with van der Waals surface area (Å²) in [5.41, 5.74) is 1.77. The van der Waals surface area contributed by atoms with E-state index in [9.17, 15) is 9.18 Å². The monoisotopic (exact) mass is 455 g/mol. The summed E-state index contributed by atoms with van der Waals surface area (Å²) in [5.74, 6) is 0.356. The lowest BCUT2D eigenvalue weighted by molar-refractivity contribution is -0.156. The lowest BCUT2D eigenvalue weighted by atomic mass is 10.1. The summed E-state index contributed by atoms with van der Waals surface area (Å²) in [5, 5.41) is 0.594. The number of halogens is 1. The molecule has 3 rings (SSSR count). The Morgan fingerprint density at radius 3 is 2.55 bits per heavy atom. The predicted molar refractivity (Wildman–Crippen MR) is 124 cm³/mol. The molecule has 0 N–H and O–H groups in total. The molecule has 6 nitrogen and oxygen atoms in total. The minimum absolute atomic E-state index is 0.110. The quantitative estimate of drug-likeness (QED) is 0.368. The SMILES string of the molecule is CCOC(=O)C(Cc1ccccc1OCc1cnc2c(F)cccc2c1OC(C)C)OCC. The van der Waals surface area contributed by atoms with E-state index in [0.717, 1.165) is 5.56 Å². The van der Waals surface area contributed by atoms with Crippen molar-refractivity contribution in [3.63, 3.8) is 0 Å². The second-order valence-electron chi connectivity index (χ2n) is 7.71. The van der Waals surface area contributed by atoms with Crippen LogP contribution in [0, 0.1) is 5.82 Å². The van der Waals surface area contributed by atoms with E-state index in [1.165, 1.54) is 6.07 Å². The van der Waals surface area contributed by atoms with E-state index in [-0.39, 0.29) is 24.8 Å². The fourth-order valence-corrected chi connectivity index (χ4v) is 3.50. The number of nitrogens with zero attached hydrogens (tertiary/aromatic N) is 1. The molecule has 0 aliphatic carbocycles. The van der Waals surface area contributed by atoms with Gasteiger partial charge in [0.1, 0.15) is 29.4 Å². The molecular formula is C26H30FNO5. The molecule has 0 saturated carbocycles.